The quantitative estimate of drug-likeness (QED) is 0.740. The van der Waals surface area contributed by atoms with Crippen molar-refractivity contribution >= 4 is 11.9 Å². The van der Waals surface area contributed by atoms with E-state index in [4.69, 9.17) is 4.74 Å². The summed E-state index contributed by atoms with van der Waals surface area (Å²) in [6.07, 6.45) is 0.773. The second kappa shape index (κ2) is 5.27. The van der Waals surface area contributed by atoms with E-state index in [1.165, 1.54) is 6.92 Å². The van der Waals surface area contributed by atoms with Crippen molar-refractivity contribution in [3.63, 3.8) is 0 Å². The van der Waals surface area contributed by atoms with Gasteiger partial charge in [0.15, 0.2) is 6.04 Å². The van der Waals surface area contributed by atoms with E-state index in [2.05, 4.69) is 0 Å². The molecule has 1 aliphatic heterocycles. The van der Waals surface area contributed by atoms with Gasteiger partial charge in [-0.3, -0.25) is 4.79 Å². The number of carbonyl (C=O) groups excluding carboxylic acids is 2. The predicted molar refractivity (Wildman–Crippen MR) is 76.1 cm³/mol. The fourth-order valence-electron chi connectivity index (χ4n) is 2.52. The number of benzene rings is 1. The molecule has 0 fully saturated rings. The zero-order chi connectivity index (χ0) is 14.9. The zero-order valence-electron chi connectivity index (χ0n) is 12.5. The molecule has 1 amide bonds. The predicted octanol–water partition coefficient (Wildman–Crippen LogP) is 2.47. The van der Waals surface area contributed by atoms with Crippen LogP contribution in [0.25, 0.3) is 0 Å². The van der Waals surface area contributed by atoms with Crippen molar-refractivity contribution in [3.05, 3.63) is 35.4 Å². The van der Waals surface area contributed by atoms with Gasteiger partial charge in [0.1, 0.15) is 5.60 Å². The van der Waals surface area contributed by atoms with Crippen LogP contribution in [0.15, 0.2) is 24.3 Å². The molecule has 1 aromatic carbocycles. The molecule has 1 aromatic rings. The second-order valence-electron chi connectivity index (χ2n) is 6.10. The lowest BCUT2D eigenvalue weighted by Crippen LogP contribution is -2.44. The standard InChI is InChI=1S/C16H21NO3/c1-11(18)17-10-9-12-7-5-6-8-13(12)14(17)15(19)20-16(2,3)4/h5-8,14H,9-10H2,1-4H3. The maximum Gasteiger partial charge on any atom is 0.334 e. The largest absolute Gasteiger partial charge is 0.458 e. The Kier molecular flexibility index (Phi) is 3.84. The first kappa shape index (κ1) is 14.6. The smallest absolute Gasteiger partial charge is 0.334 e. The topological polar surface area (TPSA) is 46.6 Å². The average molecular weight is 275 g/mol. The highest BCUT2D eigenvalue weighted by molar-refractivity contribution is 5.85. The third-order valence-electron chi connectivity index (χ3n) is 3.32. The van der Waals surface area contributed by atoms with Crippen LogP contribution in [0.1, 0.15) is 44.9 Å². The Morgan fingerprint density at radius 1 is 1.25 bits per heavy atom. The fourth-order valence-corrected chi connectivity index (χ4v) is 2.52. The molecule has 2 rings (SSSR count). The first-order chi connectivity index (χ1) is 9.29. The summed E-state index contributed by atoms with van der Waals surface area (Å²) in [5.41, 5.74) is 1.43. The van der Waals surface area contributed by atoms with Crippen molar-refractivity contribution < 1.29 is 14.3 Å². The van der Waals surface area contributed by atoms with Crippen LogP contribution < -0.4 is 0 Å². The van der Waals surface area contributed by atoms with Crippen molar-refractivity contribution in [1.82, 2.24) is 4.90 Å². The number of amides is 1. The first-order valence-electron chi connectivity index (χ1n) is 6.87. The highest BCUT2D eigenvalue weighted by Gasteiger charge is 2.37. The lowest BCUT2D eigenvalue weighted by molar-refractivity contribution is -0.165. The van der Waals surface area contributed by atoms with E-state index in [-0.39, 0.29) is 11.9 Å². The molecule has 0 bridgehead atoms. The van der Waals surface area contributed by atoms with Crippen LogP contribution >= 0.6 is 0 Å². The Morgan fingerprint density at radius 3 is 2.50 bits per heavy atom. The van der Waals surface area contributed by atoms with Crippen LogP contribution in [0.2, 0.25) is 0 Å². The Bertz CT molecular complexity index is 531. The Hall–Kier alpha value is -1.84. The van der Waals surface area contributed by atoms with E-state index < -0.39 is 11.6 Å². The third kappa shape index (κ3) is 3.00. The molecule has 0 spiro atoms. The summed E-state index contributed by atoms with van der Waals surface area (Å²) >= 11 is 0. The highest BCUT2D eigenvalue weighted by Crippen LogP contribution is 2.31. The molecule has 1 heterocycles. The van der Waals surface area contributed by atoms with E-state index in [0.29, 0.717) is 6.54 Å². The van der Waals surface area contributed by atoms with Gasteiger partial charge < -0.3 is 9.64 Å². The van der Waals surface area contributed by atoms with Crippen LogP contribution in [0.3, 0.4) is 0 Å². The molecule has 4 nitrogen and oxygen atoms in total. The minimum atomic E-state index is -0.628. The van der Waals surface area contributed by atoms with Crippen molar-refractivity contribution in [1.29, 1.82) is 0 Å². The van der Waals surface area contributed by atoms with Crippen LogP contribution in [0.5, 0.6) is 0 Å². The highest BCUT2D eigenvalue weighted by atomic mass is 16.6. The van der Waals surface area contributed by atoms with Crippen molar-refractivity contribution in [2.45, 2.75) is 45.8 Å². The molecule has 0 aliphatic carbocycles. The summed E-state index contributed by atoms with van der Waals surface area (Å²) in [6.45, 7) is 7.54. The van der Waals surface area contributed by atoms with Crippen LogP contribution in [0, 0.1) is 0 Å². The molecule has 0 aromatic heterocycles. The average Bonchev–Trinajstić information content (AvgIpc) is 2.35. The molecule has 0 saturated carbocycles. The van der Waals surface area contributed by atoms with Gasteiger partial charge in [0, 0.05) is 13.5 Å². The van der Waals surface area contributed by atoms with Gasteiger partial charge in [-0.05, 0) is 38.3 Å². The van der Waals surface area contributed by atoms with E-state index in [1.807, 2.05) is 45.0 Å². The molecule has 1 atom stereocenters. The number of rotatable bonds is 1. The van der Waals surface area contributed by atoms with Gasteiger partial charge >= 0.3 is 5.97 Å². The van der Waals surface area contributed by atoms with Crippen molar-refractivity contribution in [2.24, 2.45) is 0 Å². The van der Waals surface area contributed by atoms with Crippen LogP contribution in [0.4, 0.5) is 0 Å². The fraction of sp³-hybridized carbons (Fsp3) is 0.500. The summed E-state index contributed by atoms with van der Waals surface area (Å²) in [5.74, 6) is -0.463. The molecule has 1 unspecified atom stereocenters. The SMILES string of the molecule is CC(=O)N1CCc2ccccc2C1C(=O)OC(C)(C)C. The monoisotopic (exact) mass is 275 g/mol. The van der Waals surface area contributed by atoms with Gasteiger partial charge in [-0.25, -0.2) is 4.79 Å². The molecule has 108 valence electrons. The van der Waals surface area contributed by atoms with Crippen molar-refractivity contribution in [3.8, 4) is 0 Å². The molecule has 0 N–H and O–H groups in total. The Labute approximate surface area is 119 Å². The molecule has 0 radical (unpaired) electrons. The zero-order valence-corrected chi connectivity index (χ0v) is 12.5. The maximum absolute atomic E-state index is 12.5. The Morgan fingerprint density at radius 2 is 1.90 bits per heavy atom. The molecule has 4 heteroatoms. The Balaban J connectivity index is 2.38. The first-order valence-corrected chi connectivity index (χ1v) is 6.87. The number of nitrogens with zero attached hydrogens (tertiary/aromatic N) is 1. The van der Waals surface area contributed by atoms with Gasteiger partial charge in [0.2, 0.25) is 5.91 Å². The molecule has 20 heavy (non-hydrogen) atoms. The molecular formula is C16H21NO3. The van der Waals surface area contributed by atoms with Crippen molar-refractivity contribution in [2.75, 3.05) is 6.54 Å². The van der Waals surface area contributed by atoms with Gasteiger partial charge in [-0.1, -0.05) is 24.3 Å². The lowest BCUT2D eigenvalue weighted by Gasteiger charge is -2.36. The van der Waals surface area contributed by atoms with E-state index in [0.717, 1.165) is 17.5 Å². The minimum absolute atomic E-state index is 0.102. The van der Waals surface area contributed by atoms with E-state index >= 15 is 0 Å². The van der Waals surface area contributed by atoms with Crippen LogP contribution in [-0.2, 0) is 20.7 Å². The van der Waals surface area contributed by atoms with Gasteiger partial charge in [-0.2, -0.15) is 0 Å². The third-order valence-corrected chi connectivity index (χ3v) is 3.32. The number of hydrogen-bond donors (Lipinski definition) is 0. The minimum Gasteiger partial charge on any atom is -0.458 e. The summed E-state index contributed by atoms with van der Waals surface area (Å²) in [5, 5.41) is 0. The van der Waals surface area contributed by atoms with Crippen LogP contribution in [-0.4, -0.2) is 28.9 Å². The van der Waals surface area contributed by atoms with Gasteiger partial charge in [0.05, 0.1) is 0 Å². The van der Waals surface area contributed by atoms with Gasteiger partial charge in [-0.15, -0.1) is 0 Å². The second-order valence-corrected chi connectivity index (χ2v) is 6.10. The maximum atomic E-state index is 12.5. The normalized spacial score (nSPS) is 18.4. The number of hydrogen-bond acceptors (Lipinski definition) is 3. The summed E-state index contributed by atoms with van der Waals surface area (Å²) in [6, 6.07) is 7.12. The summed E-state index contributed by atoms with van der Waals surface area (Å²) in [7, 11) is 0. The number of esters is 1. The molecular weight excluding hydrogens is 254 g/mol. The summed E-state index contributed by atoms with van der Waals surface area (Å²) in [4.78, 5) is 25.9. The number of ether oxygens (including phenoxy) is 1. The number of carbonyl (C=O) groups is 2. The molecule has 0 saturated heterocycles. The molecule has 1 aliphatic rings. The lowest BCUT2D eigenvalue weighted by atomic mass is 9.92. The summed E-state index contributed by atoms with van der Waals surface area (Å²) < 4.78 is 5.48. The van der Waals surface area contributed by atoms with E-state index in [9.17, 15) is 9.59 Å². The van der Waals surface area contributed by atoms with Gasteiger partial charge in [0.25, 0.3) is 0 Å². The number of fused-ring (bicyclic) bond motifs is 1. The van der Waals surface area contributed by atoms with E-state index in [1.54, 1.807) is 4.90 Å².